The summed E-state index contributed by atoms with van der Waals surface area (Å²) in [6.07, 6.45) is 5.56. The second-order valence-electron chi connectivity index (χ2n) is 7.83. The van der Waals surface area contributed by atoms with Crippen LogP contribution in [-0.2, 0) is 9.59 Å². The highest BCUT2D eigenvalue weighted by molar-refractivity contribution is 8.18. The topological polar surface area (TPSA) is 132 Å². The minimum atomic E-state index is -0.558. The fourth-order valence-electron chi connectivity index (χ4n) is 3.68. The van der Waals surface area contributed by atoms with Crippen LogP contribution in [0.5, 0.6) is 17.4 Å². The van der Waals surface area contributed by atoms with Crippen molar-refractivity contribution in [1.29, 1.82) is 0 Å². The molecule has 0 unspecified atom stereocenters. The average Bonchev–Trinajstić information content (AvgIpc) is 3.13. The van der Waals surface area contributed by atoms with Crippen molar-refractivity contribution >= 4 is 40.6 Å². The van der Waals surface area contributed by atoms with Gasteiger partial charge in [0, 0.05) is 25.2 Å². The summed E-state index contributed by atoms with van der Waals surface area (Å²) in [6, 6.07) is 7.52. The molecule has 0 N–H and O–H groups in total. The third-order valence-electron chi connectivity index (χ3n) is 5.51. The average molecular weight is 499 g/mol. The van der Waals surface area contributed by atoms with Crippen molar-refractivity contribution in [1.82, 2.24) is 14.8 Å². The Morgan fingerprint density at radius 3 is 2.60 bits per heavy atom. The number of piperidine rings is 1. The SMILES string of the molecule is COc1cc(/C=C2/SC(=O)N(CC(=O)N3CCCCC3)C2=O)ccc1Oc1ccc([N+](=O)[O-])cn1. The summed E-state index contributed by atoms with van der Waals surface area (Å²) in [6.45, 7) is 1.03. The van der Waals surface area contributed by atoms with E-state index in [1.54, 1.807) is 29.2 Å². The minimum Gasteiger partial charge on any atom is -0.493 e. The lowest BCUT2D eigenvalue weighted by atomic mass is 10.1. The van der Waals surface area contributed by atoms with Gasteiger partial charge in [0.15, 0.2) is 11.5 Å². The van der Waals surface area contributed by atoms with E-state index >= 15 is 0 Å². The normalized spacial score (nSPS) is 17.1. The van der Waals surface area contributed by atoms with Crippen LogP contribution in [0, 0.1) is 10.1 Å². The van der Waals surface area contributed by atoms with Crippen LogP contribution in [-0.4, -0.2) is 63.5 Å². The van der Waals surface area contributed by atoms with Gasteiger partial charge in [0.05, 0.1) is 16.9 Å². The predicted octanol–water partition coefficient (Wildman–Crippen LogP) is 3.84. The van der Waals surface area contributed by atoms with Crippen LogP contribution in [0.25, 0.3) is 6.08 Å². The van der Waals surface area contributed by atoms with Gasteiger partial charge in [-0.05, 0) is 54.8 Å². The molecule has 2 aromatic rings. The lowest BCUT2D eigenvalue weighted by Gasteiger charge is -2.27. The first-order valence-corrected chi connectivity index (χ1v) is 11.7. The smallest absolute Gasteiger partial charge is 0.294 e. The van der Waals surface area contributed by atoms with Crippen molar-refractivity contribution in [3.05, 3.63) is 57.1 Å². The molecular weight excluding hydrogens is 476 g/mol. The predicted molar refractivity (Wildman–Crippen MR) is 127 cm³/mol. The monoisotopic (exact) mass is 498 g/mol. The van der Waals surface area contributed by atoms with Gasteiger partial charge in [0.1, 0.15) is 12.7 Å². The number of ether oxygens (including phenoxy) is 2. The van der Waals surface area contributed by atoms with Crippen LogP contribution in [0.1, 0.15) is 24.8 Å². The second kappa shape index (κ2) is 10.6. The van der Waals surface area contributed by atoms with Crippen LogP contribution in [0.4, 0.5) is 10.5 Å². The Labute approximate surface area is 204 Å². The van der Waals surface area contributed by atoms with E-state index in [4.69, 9.17) is 9.47 Å². The van der Waals surface area contributed by atoms with Gasteiger partial charge >= 0.3 is 0 Å². The van der Waals surface area contributed by atoms with Gasteiger partial charge in [0.25, 0.3) is 16.8 Å². The molecule has 0 spiro atoms. The highest BCUT2D eigenvalue weighted by Gasteiger charge is 2.37. The van der Waals surface area contributed by atoms with Crippen molar-refractivity contribution in [2.45, 2.75) is 19.3 Å². The molecule has 3 amide bonds. The van der Waals surface area contributed by atoms with E-state index in [-0.39, 0.29) is 28.9 Å². The number of hydrogen-bond acceptors (Lipinski definition) is 9. The number of pyridine rings is 1. The molecule has 1 aromatic carbocycles. The summed E-state index contributed by atoms with van der Waals surface area (Å²) >= 11 is 0.780. The van der Waals surface area contributed by atoms with Crippen LogP contribution in [0.15, 0.2) is 41.4 Å². The molecular formula is C23H22N4O7S. The Morgan fingerprint density at radius 1 is 1.17 bits per heavy atom. The number of imide groups is 1. The number of carbonyl (C=O) groups is 3. The number of rotatable bonds is 7. The molecule has 0 saturated carbocycles. The molecule has 4 rings (SSSR count). The van der Waals surface area contributed by atoms with E-state index in [9.17, 15) is 24.5 Å². The molecule has 35 heavy (non-hydrogen) atoms. The zero-order valence-electron chi connectivity index (χ0n) is 18.8. The Bertz CT molecular complexity index is 1190. The van der Waals surface area contributed by atoms with E-state index in [1.165, 1.54) is 19.2 Å². The number of methoxy groups -OCH3 is 1. The number of nitro groups is 1. The third-order valence-corrected chi connectivity index (χ3v) is 6.41. The molecule has 0 aliphatic carbocycles. The van der Waals surface area contributed by atoms with Gasteiger partial charge in [-0.15, -0.1) is 0 Å². The van der Waals surface area contributed by atoms with Gasteiger partial charge in [-0.25, -0.2) is 4.98 Å². The van der Waals surface area contributed by atoms with E-state index in [0.29, 0.717) is 30.2 Å². The number of nitrogens with zero attached hydrogens (tertiary/aromatic N) is 4. The van der Waals surface area contributed by atoms with Gasteiger partial charge < -0.3 is 14.4 Å². The van der Waals surface area contributed by atoms with Crippen LogP contribution in [0.3, 0.4) is 0 Å². The van der Waals surface area contributed by atoms with Crippen LogP contribution < -0.4 is 9.47 Å². The summed E-state index contributed by atoms with van der Waals surface area (Å²) in [5.41, 5.74) is 0.421. The van der Waals surface area contributed by atoms with Crippen molar-refractivity contribution in [2.24, 2.45) is 0 Å². The van der Waals surface area contributed by atoms with Crippen molar-refractivity contribution in [3.8, 4) is 17.4 Å². The first kappa shape index (κ1) is 24.2. The van der Waals surface area contributed by atoms with E-state index in [2.05, 4.69) is 4.98 Å². The number of aromatic nitrogens is 1. The molecule has 0 bridgehead atoms. The van der Waals surface area contributed by atoms with Crippen molar-refractivity contribution in [2.75, 3.05) is 26.7 Å². The molecule has 182 valence electrons. The maximum absolute atomic E-state index is 12.8. The highest BCUT2D eigenvalue weighted by atomic mass is 32.2. The minimum absolute atomic E-state index is 0.140. The second-order valence-corrected chi connectivity index (χ2v) is 8.83. The van der Waals surface area contributed by atoms with Gasteiger partial charge in [-0.3, -0.25) is 29.4 Å². The van der Waals surface area contributed by atoms with Crippen molar-refractivity contribution in [3.63, 3.8) is 0 Å². The number of hydrogen-bond donors (Lipinski definition) is 0. The summed E-state index contributed by atoms with van der Waals surface area (Å²) in [4.78, 5) is 54.7. The zero-order chi connectivity index (χ0) is 24.9. The third kappa shape index (κ3) is 5.60. The maximum atomic E-state index is 12.8. The molecule has 2 fully saturated rings. The Morgan fingerprint density at radius 2 is 1.94 bits per heavy atom. The molecule has 0 radical (unpaired) electrons. The largest absolute Gasteiger partial charge is 0.493 e. The summed E-state index contributed by atoms with van der Waals surface area (Å²) < 4.78 is 11.0. The molecule has 2 aliphatic heterocycles. The quantitative estimate of drug-likeness (QED) is 0.317. The summed E-state index contributed by atoms with van der Waals surface area (Å²) in [5.74, 6) is 0.0433. The molecule has 3 heterocycles. The molecule has 2 aliphatic rings. The van der Waals surface area contributed by atoms with E-state index in [1.807, 2.05) is 0 Å². The van der Waals surface area contributed by atoms with Gasteiger partial charge in [-0.2, -0.15) is 0 Å². The maximum Gasteiger partial charge on any atom is 0.294 e. The first-order chi connectivity index (χ1) is 16.9. The number of likely N-dealkylation sites (tertiary alicyclic amines) is 1. The first-order valence-electron chi connectivity index (χ1n) is 10.8. The fraction of sp³-hybridized carbons (Fsp3) is 0.304. The van der Waals surface area contributed by atoms with E-state index in [0.717, 1.165) is 42.1 Å². The van der Waals surface area contributed by atoms with Gasteiger partial charge in [-0.1, -0.05) is 6.07 Å². The van der Waals surface area contributed by atoms with Gasteiger partial charge in [0.2, 0.25) is 11.8 Å². The molecule has 2 saturated heterocycles. The molecule has 1 aromatic heterocycles. The zero-order valence-corrected chi connectivity index (χ0v) is 19.7. The number of benzene rings is 1. The number of thioether (sulfide) groups is 1. The van der Waals surface area contributed by atoms with E-state index < -0.39 is 16.1 Å². The lowest BCUT2D eigenvalue weighted by Crippen LogP contribution is -2.44. The Kier molecular flexibility index (Phi) is 7.30. The summed E-state index contributed by atoms with van der Waals surface area (Å²) in [7, 11) is 1.44. The highest BCUT2D eigenvalue weighted by Crippen LogP contribution is 2.36. The Balaban J connectivity index is 1.46. The van der Waals surface area contributed by atoms with Crippen LogP contribution >= 0.6 is 11.8 Å². The Hall–Kier alpha value is -3.93. The molecule has 11 nitrogen and oxygen atoms in total. The van der Waals surface area contributed by atoms with Crippen molar-refractivity contribution < 1.29 is 28.8 Å². The molecule has 12 heteroatoms. The summed E-state index contributed by atoms with van der Waals surface area (Å²) in [5, 5.41) is 10.3. The lowest BCUT2D eigenvalue weighted by molar-refractivity contribution is -0.385. The fourth-order valence-corrected chi connectivity index (χ4v) is 4.52. The number of carbonyl (C=O) groups excluding carboxylic acids is 3. The van der Waals surface area contributed by atoms with Crippen LogP contribution in [0.2, 0.25) is 0 Å². The number of amides is 3. The molecule has 0 atom stereocenters. The standard InChI is InChI=1S/C23H22N4O7S/c1-33-18-11-15(5-7-17(18)34-20-8-6-16(13-24-20)27(31)32)12-19-22(29)26(23(30)35-19)14-21(28)25-9-3-2-4-10-25/h5-8,11-13H,2-4,9-10,14H2,1H3/b19-12+.